The summed E-state index contributed by atoms with van der Waals surface area (Å²) in [5, 5.41) is 16.6. The number of nitrogens with one attached hydrogen (secondary N) is 2. The van der Waals surface area contributed by atoms with Crippen LogP contribution < -0.4 is 10.6 Å². The molecule has 0 bridgehead atoms. The predicted molar refractivity (Wildman–Crippen MR) is 76.8 cm³/mol. The molecular formula is C14H19N3O3. The minimum Gasteiger partial charge on any atom is -0.410 e. The van der Waals surface area contributed by atoms with E-state index in [2.05, 4.69) is 15.8 Å². The smallest absolute Gasteiger partial charge is 0.268 e. The van der Waals surface area contributed by atoms with Crippen molar-refractivity contribution in [3.8, 4) is 0 Å². The summed E-state index contributed by atoms with van der Waals surface area (Å²) in [4.78, 5) is 22.8. The van der Waals surface area contributed by atoms with Crippen LogP contribution in [-0.4, -0.2) is 29.3 Å². The Kier molecular flexibility index (Phi) is 6.81. The van der Waals surface area contributed by atoms with E-state index in [-0.39, 0.29) is 11.6 Å². The third kappa shape index (κ3) is 5.99. The number of hydrogen-bond acceptors (Lipinski definition) is 4. The van der Waals surface area contributed by atoms with Crippen molar-refractivity contribution >= 4 is 23.2 Å². The average Bonchev–Trinajstić information content (AvgIpc) is 2.46. The van der Waals surface area contributed by atoms with Crippen LogP contribution in [0.1, 0.15) is 26.2 Å². The van der Waals surface area contributed by atoms with Crippen LogP contribution in [0.2, 0.25) is 0 Å². The summed E-state index contributed by atoms with van der Waals surface area (Å²) in [6.07, 6.45) is 1.76. The van der Waals surface area contributed by atoms with E-state index in [0.29, 0.717) is 25.8 Å². The molecule has 2 amide bonds. The fraction of sp³-hybridized carbons (Fsp3) is 0.357. The molecule has 0 unspecified atom stereocenters. The number of carbonyl (C=O) groups is 2. The number of anilines is 1. The molecule has 0 saturated carbocycles. The van der Waals surface area contributed by atoms with Crippen LogP contribution in [0.5, 0.6) is 0 Å². The number of rotatable bonds is 7. The van der Waals surface area contributed by atoms with Gasteiger partial charge in [0.15, 0.2) is 0 Å². The first kappa shape index (κ1) is 15.7. The normalized spacial score (nSPS) is 10.9. The Morgan fingerprint density at radius 2 is 1.90 bits per heavy atom. The van der Waals surface area contributed by atoms with E-state index in [1.807, 2.05) is 30.3 Å². The van der Waals surface area contributed by atoms with Crippen LogP contribution in [0.15, 0.2) is 35.5 Å². The number of carbonyl (C=O) groups excluding carboxylic acids is 2. The Labute approximate surface area is 117 Å². The topological polar surface area (TPSA) is 90.8 Å². The largest absolute Gasteiger partial charge is 0.410 e. The van der Waals surface area contributed by atoms with Gasteiger partial charge in [0.05, 0.1) is 0 Å². The van der Waals surface area contributed by atoms with Crippen molar-refractivity contribution < 1.29 is 14.8 Å². The average molecular weight is 277 g/mol. The molecule has 0 fully saturated rings. The first-order valence-electron chi connectivity index (χ1n) is 6.45. The Morgan fingerprint density at radius 1 is 1.20 bits per heavy atom. The van der Waals surface area contributed by atoms with E-state index in [4.69, 9.17) is 5.21 Å². The zero-order valence-electron chi connectivity index (χ0n) is 11.4. The van der Waals surface area contributed by atoms with Crippen molar-refractivity contribution in [3.05, 3.63) is 30.3 Å². The van der Waals surface area contributed by atoms with Gasteiger partial charge in [0.1, 0.15) is 5.71 Å². The van der Waals surface area contributed by atoms with Crippen LogP contribution >= 0.6 is 0 Å². The summed E-state index contributed by atoms with van der Waals surface area (Å²) in [7, 11) is 0. The quantitative estimate of drug-likeness (QED) is 0.307. The summed E-state index contributed by atoms with van der Waals surface area (Å²) in [6.45, 7) is 1.87. The molecule has 0 radical (unpaired) electrons. The van der Waals surface area contributed by atoms with Gasteiger partial charge in [0.2, 0.25) is 5.91 Å². The molecule has 0 aliphatic rings. The molecule has 0 aromatic heterocycles. The van der Waals surface area contributed by atoms with Gasteiger partial charge in [0, 0.05) is 18.7 Å². The van der Waals surface area contributed by atoms with Crippen LogP contribution in [0.3, 0.4) is 0 Å². The summed E-state index contributed by atoms with van der Waals surface area (Å²) in [6, 6.07) is 9.26. The number of hydrogen-bond donors (Lipinski definition) is 3. The Hall–Kier alpha value is -2.37. The summed E-state index contributed by atoms with van der Waals surface area (Å²) < 4.78 is 0. The minimum atomic E-state index is -0.402. The number of benzene rings is 1. The standard InChI is InChI=1S/C14H19N3O3/c1-11(17-20)14(19)15-10-6-5-9-13(18)16-12-7-3-2-4-8-12/h2-4,7-8,20H,5-6,9-10H2,1H3,(H,15,19)(H,16,18)/b17-11+. The van der Waals surface area contributed by atoms with E-state index >= 15 is 0 Å². The molecule has 6 nitrogen and oxygen atoms in total. The SMILES string of the molecule is C/C(=N\O)C(=O)NCCCCC(=O)Nc1ccccc1. The zero-order chi connectivity index (χ0) is 14.8. The van der Waals surface area contributed by atoms with Gasteiger partial charge in [-0.3, -0.25) is 9.59 Å². The van der Waals surface area contributed by atoms with E-state index in [0.717, 1.165) is 5.69 Å². The molecule has 0 saturated heterocycles. The second-order valence-corrected chi connectivity index (χ2v) is 4.31. The number of oxime groups is 1. The lowest BCUT2D eigenvalue weighted by Gasteiger charge is -2.05. The van der Waals surface area contributed by atoms with E-state index in [9.17, 15) is 9.59 Å². The van der Waals surface area contributed by atoms with Crippen molar-refractivity contribution in [2.24, 2.45) is 5.16 Å². The van der Waals surface area contributed by atoms with Crippen LogP contribution in [-0.2, 0) is 9.59 Å². The molecule has 1 aromatic rings. The van der Waals surface area contributed by atoms with Crippen molar-refractivity contribution in [2.75, 3.05) is 11.9 Å². The Bertz CT molecular complexity index is 472. The molecule has 1 rings (SSSR count). The molecule has 0 spiro atoms. The number of nitrogens with zero attached hydrogens (tertiary/aromatic N) is 1. The minimum absolute atomic E-state index is 0.0202. The molecule has 0 aliphatic carbocycles. The monoisotopic (exact) mass is 277 g/mol. The van der Waals surface area contributed by atoms with Crippen molar-refractivity contribution in [3.63, 3.8) is 0 Å². The van der Waals surface area contributed by atoms with Crippen molar-refractivity contribution in [2.45, 2.75) is 26.2 Å². The maximum absolute atomic E-state index is 11.6. The third-order valence-electron chi connectivity index (χ3n) is 2.65. The Balaban J connectivity index is 2.12. The van der Waals surface area contributed by atoms with Crippen LogP contribution in [0.4, 0.5) is 5.69 Å². The first-order chi connectivity index (χ1) is 9.63. The number of unbranched alkanes of at least 4 members (excludes halogenated alkanes) is 1. The second kappa shape index (κ2) is 8.68. The van der Waals surface area contributed by atoms with Gasteiger partial charge in [0.25, 0.3) is 5.91 Å². The molecule has 108 valence electrons. The highest BCUT2D eigenvalue weighted by Gasteiger charge is 2.05. The summed E-state index contributed by atoms with van der Waals surface area (Å²) in [5.74, 6) is -0.447. The first-order valence-corrected chi connectivity index (χ1v) is 6.45. The van der Waals surface area contributed by atoms with Gasteiger partial charge in [-0.15, -0.1) is 0 Å². The second-order valence-electron chi connectivity index (χ2n) is 4.31. The zero-order valence-corrected chi connectivity index (χ0v) is 11.4. The lowest BCUT2D eigenvalue weighted by molar-refractivity contribution is -0.116. The highest BCUT2D eigenvalue weighted by Crippen LogP contribution is 2.06. The number of para-hydroxylation sites is 1. The predicted octanol–water partition coefficient (Wildman–Crippen LogP) is 1.76. The van der Waals surface area contributed by atoms with Gasteiger partial charge < -0.3 is 15.8 Å². The van der Waals surface area contributed by atoms with Gasteiger partial charge >= 0.3 is 0 Å². The molecule has 0 heterocycles. The lowest BCUT2D eigenvalue weighted by Crippen LogP contribution is -2.30. The maximum Gasteiger partial charge on any atom is 0.268 e. The maximum atomic E-state index is 11.6. The van der Waals surface area contributed by atoms with E-state index in [1.165, 1.54) is 6.92 Å². The molecule has 0 atom stereocenters. The highest BCUT2D eigenvalue weighted by molar-refractivity contribution is 6.37. The van der Waals surface area contributed by atoms with Crippen molar-refractivity contribution in [1.29, 1.82) is 0 Å². The number of amides is 2. The molecule has 20 heavy (non-hydrogen) atoms. The van der Waals surface area contributed by atoms with Crippen molar-refractivity contribution in [1.82, 2.24) is 5.32 Å². The van der Waals surface area contributed by atoms with E-state index in [1.54, 1.807) is 0 Å². The van der Waals surface area contributed by atoms with Crippen LogP contribution in [0.25, 0.3) is 0 Å². The van der Waals surface area contributed by atoms with Crippen LogP contribution in [0, 0.1) is 0 Å². The molecular weight excluding hydrogens is 258 g/mol. The highest BCUT2D eigenvalue weighted by atomic mass is 16.4. The molecule has 1 aromatic carbocycles. The third-order valence-corrected chi connectivity index (χ3v) is 2.65. The molecule has 6 heteroatoms. The fourth-order valence-electron chi connectivity index (χ4n) is 1.53. The molecule has 3 N–H and O–H groups in total. The van der Waals surface area contributed by atoms with Gasteiger partial charge in [-0.1, -0.05) is 23.4 Å². The summed E-state index contributed by atoms with van der Waals surface area (Å²) >= 11 is 0. The Morgan fingerprint density at radius 3 is 2.55 bits per heavy atom. The van der Waals surface area contributed by atoms with E-state index < -0.39 is 5.91 Å². The van der Waals surface area contributed by atoms with Gasteiger partial charge in [-0.05, 0) is 31.9 Å². The molecule has 0 aliphatic heterocycles. The fourth-order valence-corrected chi connectivity index (χ4v) is 1.53. The lowest BCUT2D eigenvalue weighted by atomic mass is 10.2. The van der Waals surface area contributed by atoms with Gasteiger partial charge in [-0.25, -0.2) is 0 Å². The van der Waals surface area contributed by atoms with Gasteiger partial charge in [-0.2, -0.15) is 0 Å². The summed E-state index contributed by atoms with van der Waals surface area (Å²) in [5.41, 5.74) is 0.799.